The minimum atomic E-state index is -0.381. The van der Waals surface area contributed by atoms with Gasteiger partial charge in [0, 0.05) is 11.5 Å². The molecule has 0 saturated heterocycles. The van der Waals surface area contributed by atoms with Crippen LogP contribution in [0.25, 0.3) is 0 Å². The number of nitrogens with zero attached hydrogens (tertiary/aromatic N) is 1. The number of nitro benzene ring substituents is 1. The van der Waals surface area contributed by atoms with Gasteiger partial charge in [0.25, 0.3) is 5.69 Å². The Kier molecular flexibility index (Phi) is 3.28. The van der Waals surface area contributed by atoms with Crippen molar-refractivity contribution in [3.05, 3.63) is 33.9 Å². The van der Waals surface area contributed by atoms with Gasteiger partial charge in [-0.25, -0.2) is 0 Å². The molecule has 0 radical (unpaired) electrons. The van der Waals surface area contributed by atoms with Crippen LogP contribution in [0.4, 0.5) is 5.69 Å². The van der Waals surface area contributed by atoms with Gasteiger partial charge in [-0.15, -0.1) is 0 Å². The van der Waals surface area contributed by atoms with E-state index in [0.29, 0.717) is 17.9 Å². The average molecular weight is 253 g/mol. The Morgan fingerprint density at radius 3 is 2.76 bits per heavy atom. The summed E-state index contributed by atoms with van der Waals surface area (Å²) < 4.78 is 5.69. The predicted octanol–water partition coefficient (Wildman–Crippen LogP) is 2.99. The number of benzene rings is 1. The monoisotopic (exact) mass is 253 g/mol. The fourth-order valence-electron chi connectivity index (χ4n) is 1.71. The van der Waals surface area contributed by atoms with Crippen molar-refractivity contribution >= 4 is 18.3 Å². The van der Waals surface area contributed by atoms with Crippen molar-refractivity contribution in [1.29, 1.82) is 0 Å². The van der Waals surface area contributed by atoms with Crippen LogP contribution in [-0.4, -0.2) is 17.3 Å². The van der Waals surface area contributed by atoms with Crippen molar-refractivity contribution in [2.75, 3.05) is 12.4 Å². The zero-order chi connectivity index (χ0) is 12.5. The summed E-state index contributed by atoms with van der Waals surface area (Å²) in [6, 6.07) is 4.92. The van der Waals surface area contributed by atoms with Gasteiger partial charge in [0.2, 0.25) is 0 Å². The lowest BCUT2D eigenvalue weighted by atomic mass is 10.1. The topological polar surface area (TPSA) is 52.4 Å². The first-order valence-corrected chi connectivity index (χ1v) is 6.19. The molecule has 1 aliphatic carbocycles. The highest BCUT2D eigenvalue weighted by molar-refractivity contribution is 7.80. The number of nitro groups is 1. The van der Waals surface area contributed by atoms with Crippen LogP contribution < -0.4 is 4.74 Å². The summed E-state index contributed by atoms with van der Waals surface area (Å²) in [6.45, 7) is 2.31. The van der Waals surface area contributed by atoms with E-state index in [4.69, 9.17) is 4.74 Å². The summed E-state index contributed by atoms with van der Waals surface area (Å²) in [7, 11) is 0. The molecule has 0 aromatic heterocycles. The minimum absolute atomic E-state index is 0.109. The third kappa shape index (κ3) is 2.54. The summed E-state index contributed by atoms with van der Waals surface area (Å²) in [5.74, 6) is 1.41. The van der Waals surface area contributed by atoms with E-state index in [0.717, 1.165) is 18.6 Å². The van der Waals surface area contributed by atoms with E-state index < -0.39 is 0 Å². The first-order chi connectivity index (χ1) is 8.08. The molecular weight excluding hydrogens is 238 g/mol. The van der Waals surface area contributed by atoms with Gasteiger partial charge in [-0.1, -0.05) is 6.07 Å². The molecule has 0 unspecified atom stereocenters. The fraction of sp³-hybridized carbons (Fsp3) is 0.500. The maximum Gasteiger partial charge on any atom is 0.276 e. The molecule has 1 aromatic rings. The molecule has 0 aliphatic heterocycles. The van der Waals surface area contributed by atoms with Gasteiger partial charge in [-0.05, 0) is 31.6 Å². The summed E-state index contributed by atoms with van der Waals surface area (Å²) in [6.07, 6.45) is 2.26. The second-order valence-corrected chi connectivity index (χ2v) is 4.92. The second kappa shape index (κ2) is 4.56. The minimum Gasteiger partial charge on any atom is -0.492 e. The van der Waals surface area contributed by atoms with Gasteiger partial charge in [0.1, 0.15) is 5.75 Å². The third-order valence-electron chi connectivity index (χ3n) is 3.28. The molecule has 4 nitrogen and oxygen atoms in total. The van der Waals surface area contributed by atoms with Crippen LogP contribution in [0, 0.1) is 22.5 Å². The molecule has 1 aliphatic rings. The molecular formula is C12H15NO3S. The van der Waals surface area contributed by atoms with Gasteiger partial charge in [-0.3, -0.25) is 10.1 Å². The van der Waals surface area contributed by atoms with Crippen molar-refractivity contribution in [1.82, 2.24) is 0 Å². The average Bonchev–Trinajstić information content (AvgIpc) is 3.08. The first kappa shape index (κ1) is 12.2. The molecule has 0 spiro atoms. The Morgan fingerprint density at radius 1 is 1.53 bits per heavy atom. The lowest BCUT2D eigenvalue weighted by Crippen LogP contribution is -2.15. The molecule has 1 fully saturated rings. The van der Waals surface area contributed by atoms with Crippen molar-refractivity contribution in [2.24, 2.45) is 5.41 Å². The Labute approximate surface area is 106 Å². The zero-order valence-corrected chi connectivity index (χ0v) is 10.6. The van der Waals surface area contributed by atoms with E-state index in [9.17, 15) is 10.1 Å². The molecule has 0 amide bonds. The molecule has 0 N–H and O–H groups in total. The van der Waals surface area contributed by atoms with E-state index >= 15 is 0 Å². The van der Waals surface area contributed by atoms with Crippen LogP contribution in [0.2, 0.25) is 0 Å². The highest BCUT2D eigenvalue weighted by atomic mass is 32.1. The molecule has 0 bridgehead atoms. The van der Waals surface area contributed by atoms with Crippen LogP contribution in [-0.2, 0) is 0 Å². The summed E-state index contributed by atoms with van der Waals surface area (Å²) in [5.41, 5.74) is 0.894. The van der Waals surface area contributed by atoms with Crippen LogP contribution in [0.15, 0.2) is 18.2 Å². The van der Waals surface area contributed by atoms with Gasteiger partial charge in [0.15, 0.2) is 0 Å². The number of thiol groups is 1. The summed E-state index contributed by atoms with van der Waals surface area (Å²) in [5, 5.41) is 10.8. The molecule has 0 heterocycles. The zero-order valence-electron chi connectivity index (χ0n) is 9.68. The Balaban J connectivity index is 2.11. The van der Waals surface area contributed by atoms with Gasteiger partial charge in [-0.2, -0.15) is 12.6 Å². The van der Waals surface area contributed by atoms with Crippen molar-refractivity contribution in [3.63, 3.8) is 0 Å². The van der Waals surface area contributed by atoms with Crippen LogP contribution in [0.5, 0.6) is 5.75 Å². The standard InChI is InChI=1S/C12H15NO3S/c1-9-10(13(14)15)3-2-4-11(9)16-7-12(8-17)5-6-12/h2-4,17H,5-8H2,1H3. The van der Waals surface area contributed by atoms with Gasteiger partial charge >= 0.3 is 0 Å². The summed E-state index contributed by atoms with van der Waals surface area (Å²) in [4.78, 5) is 10.4. The van der Waals surface area contributed by atoms with Crippen molar-refractivity contribution in [3.8, 4) is 5.75 Å². The van der Waals surface area contributed by atoms with Gasteiger partial charge in [0.05, 0.1) is 17.1 Å². The number of hydrogen-bond donors (Lipinski definition) is 1. The lowest BCUT2D eigenvalue weighted by Gasteiger charge is -2.14. The third-order valence-corrected chi connectivity index (χ3v) is 3.95. The van der Waals surface area contributed by atoms with Crippen LogP contribution in [0.3, 0.4) is 0 Å². The van der Waals surface area contributed by atoms with Crippen LogP contribution >= 0.6 is 12.6 Å². The van der Waals surface area contributed by atoms with Crippen LogP contribution in [0.1, 0.15) is 18.4 Å². The highest BCUT2D eigenvalue weighted by Gasteiger charge is 2.42. The van der Waals surface area contributed by atoms with E-state index in [1.807, 2.05) is 0 Å². The highest BCUT2D eigenvalue weighted by Crippen LogP contribution is 2.47. The Morgan fingerprint density at radius 2 is 2.24 bits per heavy atom. The largest absolute Gasteiger partial charge is 0.492 e. The molecule has 1 aromatic carbocycles. The van der Waals surface area contributed by atoms with Crippen molar-refractivity contribution < 1.29 is 9.66 Å². The Bertz CT molecular complexity index is 443. The van der Waals surface area contributed by atoms with E-state index in [1.165, 1.54) is 6.07 Å². The molecule has 0 atom stereocenters. The van der Waals surface area contributed by atoms with E-state index in [-0.39, 0.29) is 16.0 Å². The Hall–Kier alpha value is -1.23. The molecule has 1 saturated carbocycles. The lowest BCUT2D eigenvalue weighted by molar-refractivity contribution is -0.385. The maximum atomic E-state index is 10.8. The number of rotatable bonds is 5. The number of hydrogen-bond acceptors (Lipinski definition) is 4. The maximum absolute atomic E-state index is 10.8. The molecule has 17 heavy (non-hydrogen) atoms. The van der Waals surface area contributed by atoms with Crippen molar-refractivity contribution in [2.45, 2.75) is 19.8 Å². The fourth-order valence-corrected chi connectivity index (χ4v) is 2.12. The predicted molar refractivity (Wildman–Crippen MR) is 68.8 cm³/mol. The second-order valence-electron chi connectivity index (χ2n) is 4.60. The van der Waals surface area contributed by atoms with E-state index in [2.05, 4.69) is 12.6 Å². The van der Waals surface area contributed by atoms with E-state index in [1.54, 1.807) is 19.1 Å². The summed E-state index contributed by atoms with van der Waals surface area (Å²) >= 11 is 4.30. The number of ether oxygens (including phenoxy) is 1. The molecule has 2 rings (SSSR count). The smallest absolute Gasteiger partial charge is 0.276 e. The quantitative estimate of drug-likeness (QED) is 0.498. The molecule has 92 valence electrons. The normalized spacial score (nSPS) is 16.6. The molecule has 5 heteroatoms. The van der Waals surface area contributed by atoms with Gasteiger partial charge < -0.3 is 4.74 Å². The SMILES string of the molecule is Cc1c(OCC2(CS)CC2)cccc1[N+](=O)[O-]. The first-order valence-electron chi connectivity index (χ1n) is 5.56.